The molecule has 0 spiro atoms. The largest absolute Gasteiger partial charge is 0.450 e. The van der Waals surface area contributed by atoms with Gasteiger partial charge in [0.05, 0.1) is 19.2 Å². The van der Waals surface area contributed by atoms with Gasteiger partial charge < -0.3 is 21.1 Å². The lowest BCUT2D eigenvalue weighted by molar-refractivity contribution is 0.147. The van der Waals surface area contributed by atoms with Gasteiger partial charge >= 0.3 is 6.09 Å². The third kappa shape index (κ3) is 11.6. The van der Waals surface area contributed by atoms with Crippen LogP contribution in [0.25, 0.3) is 0 Å². The number of carbonyl (C=O) groups is 1. The predicted octanol–water partition coefficient (Wildman–Crippen LogP) is 2.91. The van der Waals surface area contributed by atoms with E-state index in [0.717, 1.165) is 19.4 Å². The molecule has 1 rings (SSSR count). The lowest BCUT2D eigenvalue weighted by Gasteiger charge is -2.18. The van der Waals surface area contributed by atoms with Gasteiger partial charge in [-0.3, -0.25) is 4.99 Å². The van der Waals surface area contributed by atoms with Gasteiger partial charge in [-0.15, -0.1) is 24.0 Å². The predicted molar refractivity (Wildman–Crippen MR) is 113 cm³/mol. The fourth-order valence-corrected chi connectivity index (χ4v) is 2.33. The fourth-order valence-electron chi connectivity index (χ4n) is 2.33. The van der Waals surface area contributed by atoms with Crippen LogP contribution in [0.2, 0.25) is 0 Å². The van der Waals surface area contributed by atoms with Crippen LogP contribution in [0.3, 0.4) is 0 Å². The number of amides is 1. The first-order chi connectivity index (χ1) is 11.5. The molecule has 0 bridgehead atoms. The van der Waals surface area contributed by atoms with E-state index in [1.807, 2.05) is 18.2 Å². The summed E-state index contributed by atoms with van der Waals surface area (Å²) in [6.07, 6.45) is 1.29. The molecule has 6 nitrogen and oxygen atoms in total. The Balaban J connectivity index is 0.00000576. The van der Waals surface area contributed by atoms with Crippen molar-refractivity contribution in [3.05, 3.63) is 35.9 Å². The average Bonchev–Trinajstić information content (AvgIpc) is 2.53. The van der Waals surface area contributed by atoms with Gasteiger partial charge in [0.25, 0.3) is 0 Å². The smallest absolute Gasteiger partial charge is 0.407 e. The molecule has 25 heavy (non-hydrogen) atoms. The third-order valence-corrected chi connectivity index (χ3v) is 3.40. The molecular formula is C18H31IN4O2. The molecule has 0 aliphatic rings. The second-order valence-electron chi connectivity index (χ2n) is 6.08. The normalized spacial score (nSPS) is 12.2. The fraction of sp³-hybridized carbons (Fsp3) is 0.556. The number of nitrogens with zero attached hydrogens (tertiary/aromatic N) is 1. The summed E-state index contributed by atoms with van der Waals surface area (Å²) in [5.74, 6) is 0.838. The summed E-state index contributed by atoms with van der Waals surface area (Å²) in [4.78, 5) is 15.9. The zero-order valence-electron chi connectivity index (χ0n) is 15.3. The molecule has 0 saturated heterocycles. The molecule has 0 radical (unpaired) electrons. The van der Waals surface area contributed by atoms with E-state index in [0.29, 0.717) is 25.0 Å². The van der Waals surface area contributed by atoms with Crippen LogP contribution >= 0.6 is 24.0 Å². The zero-order valence-corrected chi connectivity index (χ0v) is 17.7. The highest BCUT2D eigenvalue weighted by atomic mass is 127. The van der Waals surface area contributed by atoms with E-state index in [1.165, 1.54) is 5.56 Å². The molecule has 0 fully saturated rings. The number of halogens is 1. The lowest BCUT2D eigenvalue weighted by atomic mass is 10.0. The molecule has 0 aliphatic carbocycles. The van der Waals surface area contributed by atoms with Crippen LogP contribution in [0.4, 0.5) is 4.79 Å². The Bertz CT molecular complexity index is 509. The number of guanidine groups is 1. The Morgan fingerprint density at radius 3 is 2.56 bits per heavy atom. The highest BCUT2D eigenvalue weighted by Gasteiger charge is 2.14. The van der Waals surface area contributed by atoms with Crippen molar-refractivity contribution in [1.82, 2.24) is 10.6 Å². The number of nitrogens with one attached hydrogen (secondary N) is 2. The molecule has 0 aliphatic heterocycles. The first-order valence-corrected chi connectivity index (χ1v) is 8.52. The average molecular weight is 462 g/mol. The first kappa shape index (κ1) is 23.5. The Labute approximate surface area is 168 Å². The van der Waals surface area contributed by atoms with Crippen molar-refractivity contribution in [3.8, 4) is 0 Å². The summed E-state index contributed by atoms with van der Waals surface area (Å²) in [6.45, 7) is 7.49. The molecule has 1 aromatic rings. The van der Waals surface area contributed by atoms with E-state index >= 15 is 0 Å². The number of carbonyl (C=O) groups excluding carboxylic acids is 1. The molecule has 4 N–H and O–H groups in total. The summed E-state index contributed by atoms with van der Waals surface area (Å²) in [5.41, 5.74) is 7.15. The highest BCUT2D eigenvalue weighted by Crippen LogP contribution is 2.05. The number of alkyl carbamates (subject to hydrolysis) is 1. The van der Waals surface area contributed by atoms with Crippen LogP contribution in [0.5, 0.6) is 0 Å². The van der Waals surface area contributed by atoms with Crippen molar-refractivity contribution in [2.45, 2.75) is 39.7 Å². The molecule has 0 aromatic heterocycles. The Morgan fingerprint density at radius 2 is 1.96 bits per heavy atom. The Kier molecular flexibility index (Phi) is 12.9. The number of benzene rings is 1. The minimum atomic E-state index is -0.408. The van der Waals surface area contributed by atoms with E-state index in [-0.39, 0.29) is 30.0 Å². The molecule has 1 atom stereocenters. The van der Waals surface area contributed by atoms with Crippen molar-refractivity contribution in [3.63, 3.8) is 0 Å². The van der Waals surface area contributed by atoms with Gasteiger partial charge in [0.1, 0.15) is 0 Å². The Morgan fingerprint density at radius 1 is 1.28 bits per heavy atom. The number of hydrogen-bond acceptors (Lipinski definition) is 3. The van der Waals surface area contributed by atoms with E-state index in [9.17, 15) is 4.79 Å². The first-order valence-electron chi connectivity index (χ1n) is 8.52. The number of rotatable bonds is 9. The standard InChI is InChI=1S/C18H30N4O2.HI/c1-4-24-18(23)22-16(12-14(2)3)13-21-17(19)20-11-10-15-8-6-5-7-9-15;/h5-9,14,16H,4,10-13H2,1-3H3,(H,22,23)(H3,19,20,21);1H. The highest BCUT2D eigenvalue weighted by molar-refractivity contribution is 14.0. The van der Waals surface area contributed by atoms with Crippen LogP contribution in [-0.4, -0.2) is 37.8 Å². The summed E-state index contributed by atoms with van der Waals surface area (Å²) in [6, 6.07) is 10.1. The van der Waals surface area contributed by atoms with Crippen molar-refractivity contribution >= 4 is 36.0 Å². The van der Waals surface area contributed by atoms with E-state index in [2.05, 4.69) is 41.6 Å². The van der Waals surface area contributed by atoms with Crippen LogP contribution < -0.4 is 16.4 Å². The number of hydrogen-bond donors (Lipinski definition) is 3. The van der Waals surface area contributed by atoms with Crippen LogP contribution in [0.1, 0.15) is 32.8 Å². The maximum atomic E-state index is 11.6. The minimum Gasteiger partial charge on any atom is -0.450 e. The van der Waals surface area contributed by atoms with Crippen molar-refractivity contribution in [2.24, 2.45) is 16.6 Å². The van der Waals surface area contributed by atoms with Gasteiger partial charge in [0, 0.05) is 6.54 Å². The molecule has 0 heterocycles. The van der Waals surface area contributed by atoms with Gasteiger partial charge in [0.15, 0.2) is 5.96 Å². The quantitative estimate of drug-likeness (QED) is 0.299. The van der Waals surface area contributed by atoms with E-state index in [1.54, 1.807) is 6.92 Å². The van der Waals surface area contributed by atoms with Gasteiger partial charge in [-0.25, -0.2) is 4.79 Å². The zero-order chi connectivity index (χ0) is 17.8. The maximum absolute atomic E-state index is 11.6. The van der Waals surface area contributed by atoms with Gasteiger partial charge in [-0.05, 0) is 31.2 Å². The third-order valence-electron chi connectivity index (χ3n) is 3.40. The van der Waals surface area contributed by atoms with Gasteiger partial charge in [-0.1, -0.05) is 44.2 Å². The number of ether oxygens (including phenoxy) is 1. The minimum absolute atomic E-state index is 0. The summed E-state index contributed by atoms with van der Waals surface area (Å²) < 4.78 is 4.93. The van der Waals surface area contributed by atoms with Crippen LogP contribution in [-0.2, 0) is 11.2 Å². The van der Waals surface area contributed by atoms with Crippen molar-refractivity contribution in [1.29, 1.82) is 0 Å². The maximum Gasteiger partial charge on any atom is 0.407 e. The van der Waals surface area contributed by atoms with Crippen LogP contribution in [0.15, 0.2) is 35.3 Å². The monoisotopic (exact) mass is 462 g/mol. The SMILES string of the molecule is CCOC(=O)NC(CN=C(N)NCCc1ccccc1)CC(C)C.I. The van der Waals surface area contributed by atoms with Gasteiger partial charge in [0.2, 0.25) is 0 Å². The molecule has 7 heteroatoms. The molecule has 0 saturated carbocycles. The molecular weight excluding hydrogens is 431 g/mol. The number of aliphatic imine (C=N–C) groups is 1. The van der Waals surface area contributed by atoms with Crippen LogP contribution in [0, 0.1) is 5.92 Å². The second kappa shape index (κ2) is 13.7. The molecule has 1 aromatic carbocycles. The summed E-state index contributed by atoms with van der Waals surface area (Å²) >= 11 is 0. The van der Waals surface area contributed by atoms with Gasteiger partial charge in [-0.2, -0.15) is 0 Å². The van der Waals surface area contributed by atoms with E-state index in [4.69, 9.17) is 10.5 Å². The molecule has 1 amide bonds. The second-order valence-corrected chi connectivity index (χ2v) is 6.08. The molecule has 1 unspecified atom stereocenters. The number of nitrogens with two attached hydrogens (primary N) is 1. The molecule has 142 valence electrons. The van der Waals surface area contributed by atoms with Crippen molar-refractivity contribution < 1.29 is 9.53 Å². The summed E-state index contributed by atoms with van der Waals surface area (Å²) in [5, 5.41) is 5.94. The van der Waals surface area contributed by atoms with E-state index < -0.39 is 6.09 Å². The summed E-state index contributed by atoms with van der Waals surface area (Å²) in [7, 11) is 0. The van der Waals surface area contributed by atoms with Crippen molar-refractivity contribution in [2.75, 3.05) is 19.7 Å². The lowest BCUT2D eigenvalue weighted by Crippen LogP contribution is -2.40. The Hall–Kier alpha value is -1.51. The topological polar surface area (TPSA) is 88.7 Å².